The van der Waals surface area contributed by atoms with Crippen LogP contribution in [-0.4, -0.2) is 42.7 Å². The van der Waals surface area contributed by atoms with E-state index in [0.717, 1.165) is 13.2 Å². The first-order chi connectivity index (χ1) is 7.01. The van der Waals surface area contributed by atoms with Gasteiger partial charge in [0.15, 0.2) is 0 Å². The molecule has 0 radical (unpaired) electrons. The monoisotopic (exact) mass is 326 g/mol. The summed E-state index contributed by atoms with van der Waals surface area (Å²) in [6.07, 6.45) is 2.52. The minimum atomic E-state index is 0.248. The van der Waals surface area contributed by atoms with Crippen molar-refractivity contribution in [2.45, 2.75) is 45.2 Å². The highest BCUT2D eigenvalue weighted by molar-refractivity contribution is 14.1. The molecular weight excluding hydrogens is 303 g/mol. The van der Waals surface area contributed by atoms with Crippen molar-refractivity contribution in [1.82, 2.24) is 10.2 Å². The first-order valence-corrected chi connectivity index (χ1v) is 6.63. The molecule has 0 saturated carbocycles. The fraction of sp³-hybridized carbons (Fsp3) is 1.00. The van der Waals surface area contributed by atoms with Crippen LogP contribution in [-0.2, 0) is 3.07 Å². The summed E-state index contributed by atoms with van der Waals surface area (Å²) in [5.74, 6) is 0. The summed E-state index contributed by atoms with van der Waals surface area (Å²) in [4.78, 5) is 2.49. The van der Waals surface area contributed by atoms with Crippen molar-refractivity contribution in [3.63, 3.8) is 0 Å². The van der Waals surface area contributed by atoms with Crippen LogP contribution in [0.2, 0.25) is 0 Å². The lowest BCUT2D eigenvalue weighted by atomic mass is 10.00. The second kappa shape index (κ2) is 6.37. The lowest BCUT2D eigenvalue weighted by Crippen LogP contribution is -2.49. The third-order valence-electron chi connectivity index (χ3n) is 2.71. The molecule has 0 atom stereocenters. The molecular formula is C11H23IN2O. The third kappa shape index (κ3) is 6.04. The molecule has 1 aliphatic heterocycles. The van der Waals surface area contributed by atoms with Crippen LogP contribution in [0.4, 0.5) is 0 Å². The highest BCUT2D eigenvalue weighted by atomic mass is 127. The van der Waals surface area contributed by atoms with Gasteiger partial charge in [0.05, 0.1) is 6.61 Å². The van der Waals surface area contributed by atoms with Gasteiger partial charge in [0.1, 0.15) is 23.0 Å². The summed E-state index contributed by atoms with van der Waals surface area (Å²) in [5, 5.41) is 3.68. The molecule has 1 fully saturated rings. The summed E-state index contributed by atoms with van der Waals surface area (Å²) in [7, 11) is 0. The molecule has 1 heterocycles. The quantitative estimate of drug-likeness (QED) is 0.802. The summed E-state index contributed by atoms with van der Waals surface area (Å²) in [5.41, 5.74) is 0.248. The number of piperidine rings is 1. The SMILES string of the molecule is CC(C)(C)NC1CCN(CCOI)CC1. The van der Waals surface area contributed by atoms with E-state index in [9.17, 15) is 0 Å². The highest BCUT2D eigenvalue weighted by Crippen LogP contribution is 2.13. The molecule has 1 N–H and O–H groups in total. The molecule has 1 aliphatic rings. The Bertz CT molecular complexity index is 174. The average Bonchev–Trinajstić information content (AvgIpc) is 2.14. The maximum Gasteiger partial charge on any atom is 0.109 e. The molecule has 4 heteroatoms. The van der Waals surface area contributed by atoms with Gasteiger partial charge in [-0.05, 0) is 46.7 Å². The second-order valence-corrected chi connectivity index (χ2v) is 5.95. The molecule has 0 amide bonds. The fourth-order valence-electron chi connectivity index (χ4n) is 2.08. The van der Waals surface area contributed by atoms with Crippen LogP contribution in [0, 0.1) is 0 Å². The first-order valence-electron chi connectivity index (χ1n) is 5.75. The van der Waals surface area contributed by atoms with E-state index < -0.39 is 0 Å². The van der Waals surface area contributed by atoms with Crippen LogP contribution < -0.4 is 5.32 Å². The molecule has 90 valence electrons. The van der Waals surface area contributed by atoms with E-state index in [1.807, 2.05) is 23.0 Å². The molecule has 0 unspecified atom stereocenters. The zero-order chi connectivity index (χ0) is 11.3. The molecule has 15 heavy (non-hydrogen) atoms. The van der Waals surface area contributed by atoms with Gasteiger partial charge in [-0.3, -0.25) is 0 Å². The van der Waals surface area contributed by atoms with Crippen LogP contribution >= 0.6 is 23.0 Å². The number of likely N-dealkylation sites (tertiary alicyclic amines) is 1. The van der Waals surface area contributed by atoms with Crippen molar-refractivity contribution < 1.29 is 3.07 Å². The van der Waals surface area contributed by atoms with Gasteiger partial charge in [0, 0.05) is 18.1 Å². The van der Waals surface area contributed by atoms with Gasteiger partial charge < -0.3 is 13.3 Å². The minimum absolute atomic E-state index is 0.248. The van der Waals surface area contributed by atoms with E-state index in [4.69, 9.17) is 3.07 Å². The average molecular weight is 326 g/mol. The van der Waals surface area contributed by atoms with Gasteiger partial charge in [-0.25, -0.2) is 0 Å². The number of rotatable bonds is 4. The second-order valence-electron chi connectivity index (χ2n) is 5.32. The Labute approximate surface area is 108 Å². The van der Waals surface area contributed by atoms with Crippen molar-refractivity contribution in [2.75, 3.05) is 26.2 Å². The van der Waals surface area contributed by atoms with E-state index in [1.165, 1.54) is 25.9 Å². The van der Waals surface area contributed by atoms with Crippen molar-refractivity contribution in [2.24, 2.45) is 0 Å². The van der Waals surface area contributed by atoms with Crippen LogP contribution in [0.3, 0.4) is 0 Å². The first kappa shape index (κ1) is 13.7. The molecule has 3 nitrogen and oxygen atoms in total. The van der Waals surface area contributed by atoms with Crippen LogP contribution in [0.5, 0.6) is 0 Å². The van der Waals surface area contributed by atoms with Crippen molar-refractivity contribution in [3.05, 3.63) is 0 Å². The summed E-state index contributed by atoms with van der Waals surface area (Å²) < 4.78 is 5.06. The minimum Gasteiger partial charge on any atom is -0.314 e. The Balaban J connectivity index is 2.18. The van der Waals surface area contributed by atoms with Crippen LogP contribution in [0.1, 0.15) is 33.6 Å². The third-order valence-corrected chi connectivity index (χ3v) is 3.15. The lowest BCUT2D eigenvalue weighted by molar-refractivity contribution is 0.166. The molecule has 0 aliphatic carbocycles. The summed E-state index contributed by atoms with van der Waals surface area (Å²) >= 11 is 1.97. The van der Waals surface area contributed by atoms with Crippen LogP contribution in [0.25, 0.3) is 0 Å². The molecule has 0 aromatic heterocycles. The Hall–Kier alpha value is 0.610. The molecule has 0 bridgehead atoms. The maximum atomic E-state index is 5.06. The molecule has 1 saturated heterocycles. The number of hydrogen-bond donors (Lipinski definition) is 1. The topological polar surface area (TPSA) is 24.5 Å². The van der Waals surface area contributed by atoms with E-state index in [1.54, 1.807) is 0 Å². The predicted molar refractivity (Wildman–Crippen MR) is 72.3 cm³/mol. The zero-order valence-electron chi connectivity index (χ0n) is 10.1. The van der Waals surface area contributed by atoms with Crippen LogP contribution in [0.15, 0.2) is 0 Å². The molecule has 0 spiro atoms. The van der Waals surface area contributed by atoms with Gasteiger partial charge in [-0.2, -0.15) is 0 Å². The van der Waals surface area contributed by atoms with E-state index in [2.05, 4.69) is 31.0 Å². The smallest absolute Gasteiger partial charge is 0.109 e. The Morgan fingerprint density at radius 2 is 1.93 bits per heavy atom. The van der Waals surface area contributed by atoms with E-state index in [-0.39, 0.29) is 5.54 Å². The summed E-state index contributed by atoms with van der Waals surface area (Å²) in [6.45, 7) is 11.0. The standard InChI is InChI=1S/C11H23IN2O/c1-11(2,3)13-10-4-6-14(7-5-10)8-9-15-12/h10,13H,4-9H2,1-3H3. The van der Waals surface area contributed by atoms with E-state index in [0.29, 0.717) is 6.04 Å². The van der Waals surface area contributed by atoms with Gasteiger partial charge in [0.2, 0.25) is 0 Å². The number of nitrogens with zero attached hydrogens (tertiary/aromatic N) is 1. The lowest BCUT2D eigenvalue weighted by Gasteiger charge is -2.36. The summed E-state index contributed by atoms with van der Waals surface area (Å²) in [6, 6.07) is 0.696. The van der Waals surface area contributed by atoms with Crippen molar-refractivity contribution >= 4 is 23.0 Å². The maximum absolute atomic E-state index is 5.06. The number of hydrogen-bond acceptors (Lipinski definition) is 3. The van der Waals surface area contributed by atoms with Gasteiger partial charge in [-0.15, -0.1) is 0 Å². The Morgan fingerprint density at radius 3 is 2.40 bits per heavy atom. The van der Waals surface area contributed by atoms with E-state index >= 15 is 0 Å². The van der Waals surface area contributed by atoms with Gasteiger partial charge in [-0.1, -0.05) is 0 Å². The predicted octanol–water partition coefficient (Wildman–Crippen LogP) is 2.21. The molecule has 0 aromatic rings. The highest BCUT2D eigenvalue weighted by Gasteiger charge is 2.22. The van der Waals surface area contributed by atoms with Crippen molar-refractivity contribution in [1.29, 1.82) is 0 Å². The largest absolute Gasteiger partial charge is 0.314 e. The molecule has 0 aromatic carbocycles. The zero-order valence-corrected chi connectivity index (χ0v) is 12.2. The fourth-order valence-corrected chi connectivity index (χ4v) is 2.27. The molecule has 1 rings (SSSR count). The van der Waals surface area contributed by atoms with Gasteiger partial charge in [0.25, 0.3) is 0 Å². The number of nitrogens with one attached hydrogen (secondary N) is 1. The normalized spacial score (nSPS) is 20.8. The Morgan fingerprint density at radius 1 is 1.33 bits per heavy atom. The van der Waals surface area contributed by atoms with Gasteiger partial charge >= 0.3 is 0 Å². The Kier molecular flexibility index (Phi) is 5.81. The number of halogens is 1. The van der Waals surface area contributed by atoms with Crippen molar-refractivity contribution in [3.8, 4) is 0 Å².